The highest BCUT2D eigenvalue weighted by Crippen LogP contribution is 2.19. The Balaban J connectivity index is 2.93. The first-order chi connectivity index (χ1) is 6.13. The summed E-state index contributed by atoms with van der Waals surface area (Å²) < 4.78 is 0.962. The van der Waals surface area contributed by atoms with E-state index in [9.17, 15) is 0 Å². The quantitative estimate of drug-likeness (QED) is 0.860. The van der Waals surface area contributed by atoms with Crippen molar-refractivity contribution in [3.8, 4) is 6.07 Å². The van der Waals surface area contributed by atoms with Crippen molar-refractivity contribution < 1.29 is 0 Å². The Labute approximate surface area is 86.5 Å². The smallest absolute Gasteiger partial charge is 0.0992 e. The Hall–Kier alpha value is -0.850. The molecular formula is C10H11BrN2. The van der Waals surface area contributed by atoms with Gasteiger partial charge in [-0.3, -0.25) is 0 Å². The van der Waals surface area contributed by atoms with Gasteiger partial charge in [0.15, 0.2) is 0 Å². The maximum absolute atomic E-state index is 8.64. The van der Waals surface area contributed by atoms with Crippen molar-refractivity contribution in [2.45, 2.75) is 19.4 Å². The van der Waals surface area contributed by atoms with Crippen LogP contribution in [0.4, 0.5) is 0 Å². The summed E-state index contributed by atoms with van der Waals surface area (Å²) in [7, 11) is 0. The number of nitrogens with two attached hydrogens (primary N) is 1. The third kappa shape index (κ3) is 2.83. The van der Waals surface area contributed by atoms with E-state index in [4.69, 9.17) is 11.0 Å². The summed E-state index contributed by atoms with van der Waals surface area (Å²) in [5.41, 5.74) is 7.49. The zero-order valence-electron chi connectivity index (χ0n) is 7.42. The summed E-state index contributed by atoms with van der Waals surface area (Å²) in [5.74, 6) is 0. The molecule has 68 valence electrons. The van der Waals surface area contributed by atoms with Crippen molar-refractivity contribution in [1.29, 1.82) is 5.26 Å². The molecule has 13 heavy (non-hydrogen) atoms. The van der Waals surface area contributed by atoms with Crippen LogP contribution in [-0.4, -0.2) is 6.04 Å². The van der Waals surface area contributed by atoms with Gasteiger partial charge in [-0.25, -0.2) is 0 Å². The third-order valence-corrected chi connectivity index (χ3v) is 2.46. The molecule has 2 nitrogen and oxygen atoms in total. The molecule has 0 fully saturated rings. The average Bonchev–Trinajstić information content (AvgIpc) is 2.08. The first-order valence-electron chi connectivity index (χ1n) is 4.07. The fourth-order valence-corrected chi connectivity index (χ4v) is 1.67. The fourth-order valence-electron chi connectivity index (χ4n) is 1.13. The normalized spacial score (nSPS) is 12.2. The number of halogens is 1. The lowest BCUT2D eigenvalue weighted by atomic mass is 10.1. The van der Waals surface area contributed by atoms with Crippen LogP contribution in [0.25, 0.3) is 0 Å². The molecule has 1 unspecified atom stereocenters. The highest BCUT2D eigenvalue weighted by Gasteiger charge is 2.03. The van der Waals surface area contributed by atoms with Gasteiger partial charge in [-0.1, -0.05) is 22.0 Å². The van der Waals surface area contributed by atoms with Crippen LogP contribution >= 0.6 is 15.9 Å². The topological polar surface area (TPSA) is 49.8 Å². The molecule has 0 amide bonds. The zero-order valence-corrected chi connectivity index (χ0v) is 9.01. The molecule has 0 aliphatic carbocycles. The highest BCUT2D eigenvalue weighted by molar-refractivity contribution is 9.10. The molecule has 3 heteroatoms. The van der Waals surface area contributed by atoms with Crippen molar-refractivity contribution in [3.63, 3.8) is 0 Å². The standard InChI is InChI=1S/C10H11BrN2/c1-7(13)4-9-3-2-8(6-12)5-10(9)11/h2-3,5,7H,4,13H2,1H3. The summed E-state index contributed by atoms with van der Waals surface area (Å²) in [4.78, 5) is 0. The predicted octanol–water partition coefficient (Wildman–Crippen LogP) is 2.21. The molecule has 1 atom stereocenters. The molecule has 0 radical (unpaired) electrons. The second-order valence-electron chi connectivity index (χ2n) is 3.10. The maximum atomic E-state index is 8.64. The van der Waals surface area contributed by atoms with E-state index in [0.29, 0.717) is 5.56 Å². The molecule has 0 saturated heterocycles. The summed E-state index contributed by atoms with van der Waals surface area (Å²) in [6, 6.07) is 7.79. The lowest BCUT2D eigenvalue weighted by molar-refractivity contribution is 0.736. The summed E-state index contributed by atoms with van der Waals surface area (Å²) in [6.07, 6.45) is 0.826. The van der Waals surface area contributed by atoms with E-state index in [0.717, 1.165) is 16.5 Å². The van der Waals surface area contributed by atoms with E-state index in [2.05, 4.69) is 22.0 Å². The van der Waals surface area contributed by atoms with Gasteiger partial charge >= 0.3 is 0 Å². The third-order valence-electron chi connectivity index (χ3n) is 1.72. The number of nitriles is 1. The van der Waals surface area contributed by atoms with Crippen LogP contribution in [0, 0.1) is 11.3 Å². The number of hydrogen-bond acceptors (Lipinski definition) is 2. The van der Waals surface area contributed by atoms with Gasteiger partial charge in [0.25, 0.3) is 0 Å². The van der Waals surface area contributed by atoms with Crippen LogP contribution < -0.4 is 5.73 Å². The summed E-state index contributed by atoms with van der Waals surface area (Å²) >= 11 is 3.41. The molecule has 1 aromatic carbocycles. The zero-order chi connectivity index (χ0) is 9.84. The highest BCUT2D eigenvalue weighted by atomic mass is 79.9. The maximum Gasteiger partial charge on any atom is 0.0992 e. The monoisotopic (exact) mass is 238 g/mol. The van der Waals surface area contributed by atoms with Crippen molar-refractivity contribution in [2.75, 3.05) is 0 Å². The first-order valence-corrected chi connectivity index (χ1v) is 4.87. The van der Waals surface area contributed by atoms with Gasteiger partial charge in [0.05, 0.1) is 11.6 Å². The molecule has 0 spiro atoms. The van der Waals surface area contributed by atoms with Crippen LogP contribution in [0.15, 0.2) is 22.7 Å². The Morgan fingerprint density at radius 1 is 1.62 bits per heavy atom. The molecule has 0 aromatic heterocycles. The Morgan fingerprint density at radius 2 is 2.31 bits per heavy atom. The van der Waals surface area contributed by atoms with Crippen molar-refractivity contribution >= 4 is 15.9 Å². The van der Waals surface area contributed by atoms with E-state index >= 15 is 0 Å². The van der Waals surface area contributed by atoms with Crippen molar-refractivity contribution in [2.24, 2.45) is 5.73 Å². The van der Waals surface area contributed by atoms with Gasteiger partial charge in [-0.2, -0.15) is 5.26 Å². The van der Waals surface area contributed by atoms with Crippen LogP contribution in [0.3, 0.4) is 0 Å². The van der Waals surface area contributed by atoms with Crippen LogP contribution in [-0.2, 0) is 6.42 Å². The molecule has 1 aromatic rings. The van der Waals surface area contributed by atoms with Crippen molar-refractivity contribution in [3.05, 3.63) is 33.8 Å². The predicted molar refractivity (Wildman–Crippen MR) is 56.2 cm³/mol. The van der Waals surface area contributed by atoms with Crippen molar-refractivity contribution in [1.82, 2.24) is 0 Å². The molecule has 1 rings (SSSR count). The van der Waals surface area contributed by atoms with E-state index in [1.807, 2.05) is 25.1 Å². The summed E-state index contributed by atoms with van der Waals surface area (Å²) in [5, 5.41) is 8.64. The van der Waals surface area contributed by atoms with Gasteiger partial charge in [-0.05, 0) is 31.0 Å². The molecule has 2 N–H and O–H groups in total. The molecular weight excluding hydrogens is 228 g/mol. The lowest BCUT2D eigenvalue weighted by Crippen LogP contribution is -2.17. The van der Waals surface area contributed by atoms with Crippen LogP contribution in [0.1, 0.15) is 18.1 Å². The second kappa shape index (κ2) is 4.40. The van der Waals surface area contributed by atoms with Gasteiger partial charge in [0.1, 0.15) is 0 Å². The fraction of sp³-hybridized carbons (Fsp3) is 0.300. The average molecular weight is 239 g/mol. The van der Waals surface area contributed by atoms with E-state index in [-0.39, 0.29) is 6.04 Å². The molecule has 0 heterocycles. The van der Waals surface area contributed by atoms with E-state index in [1.54, 1.807) is 0 Å². The minimum absolute atomic E-state index is 0.143. The van der Waals surface area contributed by atoms with Gasteiger partial charge in [0, 0.05) is 10.5 Å². The second-order valence-corrected chi connectivity index (χ2v) is 3.95. The number of rotatable bonds is 2. The van der Waals surface area contributed by atoms with E-state index in [1.165, 1.54) is 0 Å². The van der Waals surface area contributed by atoms with Crippen LogP contribution in [0.5, 0.6) is 0 Å². The van der Waals surface area contributed by atoms with Gasteiger partial charge in [-0.15, -0.1) is 0 Å². The van der Waals surface area contributed by atoms with Gasteiger partial charge in [0.2, 0.25) is 0 Å². The number of benzene rings is 1. The Kier molecular flexibility index (Phi) is 3.47. The Bertz CT molecular complexity index is 339. The first kappa shape index (κ1) is 10.2. The Morgan fingerprint density at radius 3 is 2.77 bits per heavy atom. The number of hydrogen-bond donors (Lipinski definition) is 1. The molecule has 0 aliphatic rings. The van der Waals surface area contributed by atoms with Crippen LogP contribution in [0.2, 0.25) is 0 Å². The number of nitrogens with zero attached hydrogens (tertiary/aromatic N) is 1. The SMILES string of the molecule is CC(N)Cc1ccc(C#N)cc1Br. The molecule has 0 bridgehead atoms. The minimum atomic E-state index is 0.143. The lowest BCUT2D eigenvalue weighted by Gasteiger charge is -2.07. The minimum Gasteiger partial charge on any atom is -0.328 e. The largest absolute Gasteiger partial charge is 0.328 e. The summed E-state index contributed by atoms with van der Waals surface area (Å²) in [6.45, 7) is 1.96. The van der Waals surface area contributed by atoms with E-state index < -0.39 is 0 Å². The molecule has 0 aliphatic heterocycles. The molecule has 0 saturated carbocycles. The van der Waals surface area contributed by atoms with Gasteiger partial charge < -0.3 is 5.73 Å².